The van der Waals surface area contributed by atoms with E-state index in [0.717, 1.165) is 0 Å². The first-order chi connectivity index (χ1) is 4.66. The summed E-state index contributed by atoms with van der Waals surface area (Å²) in [6.07, 6.45) is -0.385. The van der Waals surface area contributed by atoms with E-state index < -0.39 is 6.09 Å². The lowest BCUT2D eigenvalue weighted by Gasteiger charge is -2.06. The van der Waals surface area contributed by atoms with Gasteiger partial charge in [0.15, 0.2) is 0 Å². The molecule has 0 aromatic rings. The molecule has 5 N–H and O–H groups in total. The molecule has 0 spiro atoms. The minimum atomic E-state index is -0.815. The van der Waals surface area contributed by atoms with Crippen molar-refractivity contribution in [3.05, 3.63) is 0 Å². The zero-order valence-corrected chi connectivity index (χ0v) is 5.62. The third-order valence-corrected chi connectivity index (χ3v) is 0.967. The van der Waals surface area contributed by atoms with Crippen LogP contribution >= 0.6 is 0 Å². The van der Waals surface area contributed by atoms with Crippen molar-refractivity contribution in [2.45, 2.75) is 12.5 Å². The summed E-state index contributed by atoms with van der Waals surface area (Å²) >= 11 is 0. The van der Waals surface area contributed by atoms with Gasteiger partial charge in [0, 0.05) is 6.04 Å². The standard InChI is InChI=1S/C5H12N2O3/c6-4(3-8)1-2-10-5(7)9/h4,8H,1-3,6H2,(H2,7,9)/t4-/m1/s1. The molecule has 0 aromatic carbocycles. The normalized spacial score (nSPS) is 12.6. The quantitative estimate of drug-likeness (QED) is 0.466. The van der Waals surface area contributed by atoms with E-state index in [2.05, 4.69) is 10.5 Å². The highest BCUT2D eigenvalue weighted by molar-refractivity contribution is 5.64. The van der Waals surface area contributed by atoms with Crippen LogP contribution in [-0.4, -0.2) is 30.5 Å². The number of carbonyl (C=O) groups excluding carboxylic acids is 1. The summed E-state index contributed by atoms with van der Waals surface area (Å²) in [5, 5.41) is 8.40. The van der Waals surface area contributed by atoms with Gasteiger partial charge >= 0.3 is 6.09 Å². The van der Waals surface area contributed by atoms with Gasteiger partial charge in [0.05, 0.1) is 13.2 Å². The number of carbonyl (C=O) groups is 1. The molecule has 1 atom stereocenters. The predicted molar refractivity (Wildman–Crippen MR) is 35.2 cm³/mol. The number of rotatable bonds is 4. The topological polar surface area (TPSA) is 98.6 Å². The lowest BCUT2D eigenvalue weighted by molar-refractivity contribution is 0.147. The molecule has 0 fully saturated rings. The van der Waals surface area contributed by atoms with Crippen LogP contribution in [0.2, 0.25) is 0 Å². The zero-order chi connectivity index (χ0) is 7.98. The van der Waals surface area contributed by atoms with Crippen LogP contribution in [0.3, 0.4) is 0 Å². The molecular formula is C5H12N2O3. The van der Waals surface area contributed by atoms with Crippen molar-refractivity contribution in [3.63, 3.8) is 0 Å². The van der Waals surface area contributed by atoms with Crippen molar-refractivity contribution in [2.24, 2.45) is 11.5 Å². The molecule has 0 rings (SSSR count). The molecule has 0 bridgehead atoms. The van der Waals surface area contributed by atoms with E-state index in [4.69, 9.17) is 10.8 Å². The van der Waals surface area contributed by atoms with Crippen LogP contribution in [0, 0.1) is 0 Å². The molecule has 0 aromatic heterocycles. The second kappa shape index (κ2) is 5.01. The lowest BCUT2D eigenvalue weighted by Crippen LogP contribution is -2.27. The maximum absolute atomic E-state index is 9.97. The SMILES string of the molecule is NC(=O)OCC[C@@H](N)CO. The van der Waals surface area contributed by atoms with Gasteiger partial charge in [-0.3, -0.25) is 0 Å². The van der Waals surface area contributed by atoms with E-state index in [-0.39, 0.29) is 19.3 Å². The number of amides is 1. The summed E-state index contributed by atoms with van der Waals surface area (Å²) in [6.45, 7) is 0.0547. The van der Waals surface area contributed by atoms with Crippen LogP contribution in [0.15, 0.2) is 0 Å². The maximum atomic E-state index is 9.97. The number of aliphatic hydroxyl groups is 1. The number of hydrogen-bond acceptors (Lipinski definition) is 4. The average molecular weight is 148 g/mol. The Morgan fingerprint density at radius 3 is 2.70 bits per heavy atom. The van der Waals surface area contributed by atoms with E-state index in [1.807, 2.05) is 0 Å². The fourth-order valence-electron chi connectivity index (χ4n) is 0.402. The molecular weight excluding hydrogens is 136 g/mol. The summed E-state index contributed by atoms with van der Waals surface area (Å²) in [4.78, 5) is 9.97. The molecule has 0 radical (unpaired) electrons. The van der Waals surface area contributed by atoms with Crippen molar-refractivity contribution < 1.29 is 14.6 Å². The molecule has 0 saturated carbocycles. The van der Waals surface area contributed by atoms with Crippen molar-refractivity contribution in [1.82, 2.24) is 0 Å². The third kappa shape index (κ3) is 5.33. The second-order valence-electron chi connectivity index (χ2n) is 1.90. The number of ether oxygens (including phenoxy) is 1. The van der Waals surface area contributed by atoms with E-state index in [1.165, 1.54) is 0 Å². The van der Waals surface area contributed by atoms with Crippen LogP contribution in [0.5, 0.6) is 0 Å². The Morgan fingerprint density at radius 2 is 2.30 bits per heavy atom. The van der Waals surface area contributed by atoms with E-state index in [1.54, 1.807) is 0 Å². The molecule has 0 aliphatic heterocycles. The van der Waals surface area contributed by atoms with Gasteiger partial charge in [0.25, 0.3) is 0 Å². The van der Waals surface area contributed by atoms with Crippen molar-refractivity contribution in [3.8, 4) is 0 Å². The van der Waals surface area contributed by atoms with Gasteiger partial charge in [-0.1, -0.05) is 0 Å². The summed E-state index contributed by atoms with van der Waals surface area (Å²) in [7, 11) is 0. The number of primary amides is 1. The zero-order valence-electron chi connectivity index (χ0n) is 5.62. The van der Waals surface area contributed by atoms with Crippen molar-refractivity contribution in [1.29, 1.82) is 0 Å². The van der Waals surface area contributed by atoms with Crippen molar-refractivity contribution in [2.75, 3.05) is 13.2 Å². The Labute approximate surface area is 58.9 Å². The fraction of sp³-hybridized carbons (Fsp3) is 0.800. The number of hydrogen-bond donors (Lipinski definition) is 3. The molecule has 1 amide bonds. The fourth-order valence-corrected chi connectivity index (χ4v) is 0.402. The molecule has 5 nitrogen and oxygen atoms in total. The molecule has 5 heteroatoms. The van der Waals surface area contributed by atoms with Crippen LogP contribution in [0.25, 0.3) is 0 Å². The molecule has 0 aliphatic carbocycles. The summed E-state index contributed by atoms with van der Waals surface area (Å²) in [5.74, 6) is 0. The largest absolute Gasteiger partial charge is 0.450 e. The second-order valence-corrected chi connectivity index (χ2v) is 1.90. The molecule has 0 aliphatic rings. The highest BCUT2D eigenvalue weighted by Crippen LogP contribution is 1.86. The lowest BCUT2D eigenvalue weighted by atomic mass is 10.2. The van der Waals surface area contributed by atoms with Crippen LogP contribution in [0.4, 0.5) is 4.79 Å². The maximum Gasteiger partial charge on any atom is 0.404 e. The predicted octanol–water partition coefficient (Wildman–Crippen LogP) is -1.21. The summed E-state index contributed by atoms with van der Waals surface area (Å²) in [6, 6.07) is -0.334. The minimum absolute atomic E-state index is 0.109. The molecule has 0 unspecified atom stereocenters. The third-order valence-electron chi connectivity index (χ3n) is 0.967. The average Bonchev–Trinajstić information content (AvgIpc) is 1.87. The van der Waals surface area contributed by atoms with Gasteiger partial charge in [-0.05, 0) is 6.42 Å². The van der Waals surface area contributed by atoms with Crippen LogP contribution in [0.1, 0.15) is 6.42 Å². The number of nitrogens with two attached hydrogens (primary N) is 2. The number of aliphatic hydroxyl groups excluding tert-OH is 1. The van der Waals surface area contributed by atoms with E-state index in [9.17, 15) is 4.79 Å². The van der Waals surface area contributed by atoms with Gasteiger partial charge in [-0.25, -0.2) is 4.79 Å². The Morgan fingerprint density at radius 1 is 1.70 bits per heavy atom. The minimum Gasteiger partial charge on any atom is -0.450 e. The Bertz CT molecular complexity index is 107. The van der Waals surface area contributed by atoms with Gasteiger partial charge in [0.2, 0.25) is 0 Å². The van der Waals surface area contributed by atoms with Gasteiger partial charge in [0.1, 0.15) is 0 Å². The first-order valence-corrected chi connectivity index (χ1v) is 2.95. The van der Waals surface area contributed by atoms with Gasteiger partial charge in [-0.15, -0.1) is 0 Å². The Kier molecular flexibility index (Phi) is 4.61. The van der Waals surface area contributed by atoms with Gasteiger partial charge in [-0.2, -0.15) is 0 Å². The highest BCUT2D eigenvalue weighted by Gasteiger charge is 2.00. The first kappa shape index (κ1) is 9.19. The first-order valence-electron chi connectivity index (χ1n) is 2.95. The molecule has 0 saturated heterocycles. The van der Waals surface area contributed by atoms with E-state index >= 15 is 0 Å². The van der Waals surface area contributed by atoms with Crippen molar-refractivity contribution >= 4 is 6.09 Å². The Balaban J connectivity index is 3.11. The Hall–Kier alpha value is -0.810. The van der Waals surface area contributed by atoms with Crippen LogP contribution in [-0.2, 0) is 4.74 Å². The highest BCUT2D eigenvalue weighted by atomic mass is 16.5. The summed E-state index contributed by atoms with van der Waals surface area (Å²) in [5.41, 5.74) is 9.93. The monoisotopic (exact) mass is 148 g/mol. The van der Waals surface area contributed by atoms with Crippen LogP contribution < -0.4 is 11.5 Å². The van der Waals surface area contributed by atoms with E-state index in [0.29, 0.717) is 6.42 Å². The molecule has 60 valence electrons. The molecule has 0 heterocycles. The smallest absolute Gasteiger partial charge is 0.404 e. The molecule has 10 heavy (non-hydrogen) atoms. The van der Waals surface area contributed by atoms with Gasteiger partial charge < -0.3 is 21.3 Å². The summed E-state index contributed by atoms with van der Waals surface area (Å²) < 4.78 is 4.36.